The topological polar surface area (TPSA) is 54.9 Å². The molecule has 0 saturated carbocycles. The average molecular weight is 518 g/mol. The summed E-state index contributed by atoms with van der Waals surface area (Å²) in [6.45, 7) is 6.82. The van der Waals surface area contributed by atoms with Gasteiger partial charge in [-0.15, -0.1) is 35.3 Å². The molecule has 2 rings (SSSR count). The van der Waals surface area contributed by atoms with Crippen LogP contribution in [0, 0.1) is 0 Å². The van der Waals surface area contributed by atoms with Crippen molar-refractivity contribution in [3.8, 4) is 0 Å². The molecule has 1 saturated heterocycles. The molecule has 0 amide bonds. The normalized spacial score (nSPS) is 17.8. The predicted octanol–water partition coefficient (Wildman–Crippen LogP) is 3.38. The van der Waals surface area contributed by atoms with E-state index < -0.39 is 0 Å². The number of hydrogen-bond donors (Lipinski definition) is 2. The molecule has 8 heteroatoms. The molecular weight excluding hydrogens is 493 g/mol. The Balaban J connectivity index is 0.00000264. The second kappa shape index (κ2) is 12.5. The Hall–Kier alpha value is 0.1000. The van der Waals surface area contributed by atoms with Crippen LogP contribution < -0.4 is 10.6 Å². The number of halogens is 2. The van der Waals surface area contributed by atoms with Gasteiger partial charge in [-0.05, 0) is 41.8 Å². The number of aliphatic imine (C=N–C) groups is 1. The fraction of sp³-hybridized carbons (Fsp3) is 0.667. The molecule has 0 radical (unpaired) electrons. The highest BCUT2D eigenvalue weighted by Crippen LogP contribution is 2.20. The molecule has 0 bridgehead atoms. The third-order valence-electron chi connectivity index (χ3n) is 3.21. The Kier molecular flexibility index (Phi) is 11.5. The molecule has 1 aliphatic heterocycles. The molecule has 1 aromatic heterocycles. The maximum absolute atomic E-state index is 5.75. The first-order chi connectivity index (χ1) is 10.8. The highest BCUT2D eigenvalue weighted by atomic mass is 127. The van der Waals surface area contributed by atoms with Crippen LogP contribution in [-0.2, 0) is 16.0 Å². The molecule has 2 N–H and O–H groups in total. The summed E-state index contributed by atoms with van der Waals surface area (Å²) >= 11 is 5.18. The Labute approximate surface area is 167 Å². The second-order valence-electron chi connectivity index (χ2n) is 5.06. The summed E-state index contributed by atoms with van der Waals surface area (Å²) in [5.41, 5.74) is 0. The monoisotopic (exact) mass is 517 g/mol. The van der Waals surface area contributed by atoms with Crippen LogP contribution in [0.5, 0.6) is 0 Å². The van der Waals surface area contributed by atoms with Gasteiger partial charge in [0, 0.05) is 41.0 Å². The van der Waals surface area contributed by atoms with Gasteiger partial charge < -0.3 is 20.1 Å². The summed E-state index contributed by atoms with van der Waals surface area (Å²) in [6, 6.07) is 2.11. The summed E-state index contributed by atoms with van der Waals surface area (Å²) < 4.78 is 12.2. The summed E-state index contributed by atoms with van der Waals surface area (Å²) in [6.07, 6.45) is 2.28. The minimum absolute atomic E-state index is 0. The summed E-state index contributed by atoms with van der Waals surface area (Å²) in [5, 5.41) is 8.68. The van der Waals surface area contributed by atoms with Gasteiger partial charge in [0.1, 0.15) is 0 Å². The van der Waals surface area contributed by atoms with Crippen molar-refractivity contribution < 1.29 is 9.47 Å². The van der Waals surface area contributed by atoms with E-state index in [4.69, 9.17) is 9.47 Å². The molecule has 1 unspecified atom stereocenters. The van der Waals surface area contributed by atoms with E-state index in [0.717, 1.165) is 56.2 Å². The molecule has 1 atom stereocenters. The van der Waals surface area contributed by atoms with Crippen molar-refractivity contribution in [3.05, 3.63) is 20.8 Å². The fourth-order valence-electron chi connectivity index (χ4n) is 2.11. The summed E-state index contributed by atoms with van der Waals surface area (Å²) in [5.74, 6) is 0.858. The highest BCUT2D eigenvalue weighted by molar-refractivity contribution is 14.0. The average Bonchev–Trinajstić information content (AvgIpc) is 3.16. The van der Waals surface area contributed by atoms with E-state index in [-0.39, 0.29) is 24.0 Å². The Morgan fingerprint density at radius 2 is 2.39 bits per heavy atom. The maximum atomic E-state index is 5.75. The second-order valence-corrected chi connectivity index (χ2v) is 6.97. The van der Waals surface area contributed by atoms with Crippen LogP contribution in [0.25, 0.3) is 0 Å². The third-order valence-corrected chi connectivity index (χ3v) is 4.90. The van der Waals surface area contributed by atoms with Gasteiger partial charge in [0.15, 0.2) is 5.96 Å². The number of ether oxygens (including phenoxy) is 2. The number of rotatable bonds is 8. The number of nitrogens with one attached hydrogen (secondary N) is 2. The molecule has 23 heavy (non-hydrogen) atoms. The van der Waals surface area contributed by atoms with E-state index in [2.05, 4.69) is 49.9 Å². The Morgan fingerprint density at radius 1 is 1.52 bits per heavy atom. The molecular formula is C15H25BrIN3O2S. The Bertz CT molecular complexity index is 467. The molecule has 2 heterocycles. The zero-order chi connectivity index (χ0) is 15.6. The summed E-state index contributed by atoms with van der Waals surface area (Å²) in [7, 11) is 0. The number of nitrogens with zero attached hydrogens (tertiary/aromatic N) is 1. The zero-order valence-electron chi connectivity index (χ0n) is 13.3. The molecule has 1 fully saturated rings. The van der Waals surface area contributed by atoms with Crippen LogP contribution in [0.1, 0.15) is 24.6 Å². The first-order valence-electron chi connectivity index (χ1n) is 7.72. The maximum Gasteiger partial charge on any atom is 0.191 e. The third kappa shape index (κ3) is 8.67. The van der Waals surface area contributed by atoms with Gasteiger partial charge in [0.2, 0.25) is 0 Å². The van der Waals surface area contributed by atoms with Crippen molar-refractivity contribution in [3.63, 3.8) is 0 Å². The van der Waals surface area contributed by atoms with E-state index in [1.54, 1.807) is 11.3 Å². The fourth-order valence-corrected chi connectivity index (χ4v) is 3.48. The number of guanidine groups is 1. The van der Waals surface area contributed by atoms with Crippen molar-refractivity contribution in [1.29, 1.82) is 0 Å². The molecule has 132 valence electrons. The van der Waals surface area contributed by atoms with E-state index in [1.807, 2.05) is 0 Å². The van der Waals surface area contributed by atoms with Crippen LogP contribution in [0.4, 0.5) is 0 Å². The molecule has 5 nitrogen and oxygen atoms in total. The van der Waals surface area contributed by atoms with Gasteiger partial charge in [-0.3, -0.25) is 0 Å². The zero-order valence-corrected chi connectivity index (χ0v) is 18.1. The molecule has 1 aromatic rings. The van der Waals surface area contributed by atoms with Gasteiger partial charge in [0.25, 0.3) is 0 Å². The molecule has 0 aromatic carbocycles. The standard InChI is InChI=1S/C15H24BrN3O2S.HI/c1-2-17-15(19-9-14-8-12(16)11-22-14)18-5-3-6-21-13-4-7-20-10-13;/h8,11,13H,2-7,9-10H2,1H3,(H2,17,18,19);1H. The lowest BCUT2D eigenvalue weighted by molar-refractivity contribution is 0.0420. The van der Waals surface area contributed by atoms with Crippen LogP contribution >= 0.6 is 51.2 Å². The summed E-state index contributed by atoms with van der Waals surface area (Å²) in [4.78, 5) is 5.84. The van der Waals surface area contributed by atoms with Gasteiger partial charge in [-0.25, -0.2) is 4.99 Å². The lowest BCUT2D eigenvalue weighted by atomic mass is 10.3. The minimum atomic E-state index is 0. The minimum Gasteiger partial charge on any atom is -0.379 e. The van der Waals surface area contributed by atoms with Crippen LogP contribution in [0.15, 0.2) is 20.9 Å². The molecule has 1 aliphatic rings. The van der Waals surface area contributed by atoms with Crippen molar-refractivity contribution in [2.24, 2.45) is 4.99 Å². The molecule has 0 spiro atoms. The van der Waals surface area contributed by atoms with E-state index >= 15 is 0 Å². The SMILES string of the molecule is CCNC(=NCc1cc(Br)cs1)NCCCOC1CCOC1.I. The van der Waals surface area contributed by atoms with Crippen molar-refractivity contribution in [2.45, 2.75) is 32.4 Å². The lowest BCUT2D eigenvalue weighted by Gasteiger charge is -2.12. The van der Waals surface area contributed by atoms with E-state index in [0.29, 0.717) is 12.6 Å². The van der Waals surface area contributed by atoms with Gasteiger partial charge >= 0.3 is 0 Å². The molecule has 0 aliphatic carbocycles. The van der Waals surface area contributed by atoms with Crippen LogP contribution in [-0.4, -0.2) is 45.0 Å². The quantitative estimate of drug-likeness (QED) is 0.240. The van der Waals surface area contributed by atoms with Crippen LogP contribution in [0.2, 0.25) is 0 Å². The largest absolute Gasteiger partial charge is 0.379 e. The van der Waals surface area contributed by atoms with Crippen molar-refractivity contribution >= 4 is 57.2 Å². The Morgan fingerprint density at radius 3 is 3.04 bits per heavy atom. The first-order valence-corrected chi connectivity index (χ1v) is 9.39. The predicted molar refractivity (Wildman–Crippen MR) is 110 cm³/mol. The van der Waals surface area contributed by atoms with Gasteiger partial charge in [-0.2, -0.15) is 0 Å². The lowest BCUT2D eigenvalue weighted by Crippen LogP contribution is -2.38. The van der Waals surface area contributed by atoms with Crippen molar-refractivity contribution in [2.75, 3.05) is 32.9 Å². The highest BCUT2D eigenvalue weighted by Gasteiger charge is 2.15. The van der Waals surface area contributed by atoms with E-state index in [1.165, 1.54) is 4.88 Å². The van der Waals surface area contributed by atoms with Gasteiger partial charge in [0.05, 0.1) is 19.3 Å². The first kappa shape index (κ1) is 21.1. The number of thiophene rings is 1. The number of hydrogen-bond acceptors (Lipinski definition) is 4. The smallest absolute Gasteiger partial charge is 0.191 e. The van der Waals surface area contributed by atoms with E-state index in [9.17, 15) is 0 Å². The van der Waals surface area contributed by atoms with Crippen molar-refractivity contribution in [1.82, 2.24) is 10.6 Å². The van der Waals surface area contributed by atoms with Gasteiger partial charge in [-0.1, -0.05) is 0 Å². The van der Waals surface area contributed by atoms with Crippen LogP contribution in [0.3, 0.4) is 0 Å².